The molecular formula is C17H18FN3O2. The van der Waals surface area contributed by atoms with Crippen molar-refractivity contribution in [3.8, 4) is 0 Å². The van der Waals surface area contributed by atoms with Crippen LogP contribution in [-0.2, 0) is 6.42 Å². The Bertz CT molecular complexity index is 665. The first-order valence-corrected chi connectivity index (χ1v) is 7.66. The Hall–Kier alpha value is -2.50. The highest BCUT2D eigenvalue weighted by atomic mass is 19.1. The lowest BCUT2D eigenvalue weighted by molar-refractivity contribution is 0.0690. The molecule has 0 atom stereocenters. The van der Waals surface area contributed by atoms with E-state index in [1.54, 1.807) is 0 Å². The predicted molar refractivity (Wildman–Crippen MR) is 84.0 cm³/mol. The van der Waals surface area contributed by atoms with E-state index in [0.29, 0.717) is 5.92 Å². The van der Waals surface area contributed by atoms with Crippen LogP contribution < -0.4 is 4.90 Å². The second kappa shape index (κ2) is 6.73. The number of piperidine rings is 1. The Labute approximate surface area is 133 Å². The maximum absolute atomic E-state index is 12.9. The molecule has 1 fully saturated rings. The first kappa shape index (κ1) is 15.4. The summed E-state index contributed by atoms with van der Waals surface area (Å²) in [5.41, 5.74) is 1.12. The van der Waals surface area contributed by atoms with Gasteiger partial charge in [-0.3, -0.25) is 0 Å². The molecule has 2 heterocycles. The van der Waals surface area contributed by atoms with Crippen LogP contribution in [0.15, 0.2) is 36.7 Å². The summed E-state index contributed by atoms with van der Waals surface area (Å²) in [6, 6.07) is 6.70. The highest BCUT2D eigenvalue weighted by molar-refractivity contribution is 5.84. The molecule has 1 aromatic carbocycles. The Morgan fingerprint density at radius 2 is 1.87 bits per heavy atom. The molecule has 0 amide bonds. The van der Waals surface area contributed by atoms with Gasteiger partial charge in [0.2, 0.25) is 0 Å². The van der Waals surface area contributed by atoms with Gasteiger partial charge in [-0.25, -0.2) is 19.2 Å². The molecule has 23 heavy (non-hydrogen) atoms. The van der Waals surface area contributed by atoms with Gasteiger partial charge in [0.25, 0.3) is 0 Å². The molecule has 2 aromatic rings. The lowest BCUT2D eigenvalue weighted by atomic mass is 9.90. The van der Waals surface area contributed by atoms with Crippen LogP contribution in [-0.4, -0.2) is 34.1 Å². The van der Waals surface area contributed by atoms with Gasteiger partial charge in [-0.05, 0) is 42.9 Å². The van der Waals surface area contributed by atoms with Gasteiger partial charge < -0.3 is 10.0 Å². The molecule has 1 saturated heterocycles. The van der Waals surface area contributed by atoms with Gasteiger partial charge in [-0.1, -0.05) is 12.1 Å². The van der Waals surface area contributed by atoms with Gasteiger partial charge in [0, 0.05) is 13.1 Å². The maximum atomic E-state index is 12.9. The topological polar surface area (TPSA) is 66.3 Å². The van der Waals surface area contributed by atoms with Crippen LogP contribution in [0.3, 0.4) is 0 Å². The third-order valence-corrected chi connectivity index (χ3v) is 4.23. The van der Waals surface area contributed by atoms with Gasteiger partial charge in [0.05, 0.1) is 12.4 Å². The molecule has 6 heteroatoms. The van der Waals surface area contributed by atoms with E-state index in [-0.39, 0.29) is 11.5 Å². The number of carboxylic acid groups (broad SMARTS) is 1. The number of hydrogen-bond acceptors (Lipinski definition) is 4. The number of rotatable bonds is 4. The Morgan fingerprint density at radius 3 is 2.43 bits per heavy atom. The molecule has 120 valence electrons. The Balaban J connectivity index is 1.55. The van der Waals surface area contributed by atoms with E-state index in [1.807, 2.05) is 12.1 Å². The SMILES string of the molecule is O=C(O)c1cnc(N2CCC(Cc3ccc(F)cc3)CC2)cn1. The highest BCUT2D eigenvalue weighted by Gasteiger charge is 2.21. The van der Waals surface area contributed by atoms with E-state index in [2.05, 4.69) is 14.9 Å². The monoisotopic (exact) mass is 315 g/mol. The summed E-state index contributed by atoms with van der Waals surface area (Å²) < 4.78 is 12.9. The number of aromatic nitrogens is 2. The minimum Gasteiger partial charge on any atom is -0.476 e. The van der Waals surface area contributed by atoms with E-state index in [0.717, 1.165) is 43.7 Å². The molecule has 0 radical (unpaired) electrons. The van der Waals surface area contributed by atoms with Crippen molar-refractivity contribution in [1.82, 2.24) is 9.97 Å². The van der Waals surface area contributed by atoms with E-state index in [4.69, 9.17) is 5.11 Å². The van der Waals surface area contributed by atoms with Crippen molar-refractivity contribution in [2.75, 3.05) is 18.0 Å². The summed E-state index contributed by atoms with van der Waals surface area (Å²) in [5.74, 6) is 0.0206. The normalized spacial score (nSPS) is 15.6. The standard InChI is InChI=1S/C17H18FN3O2/c18-14-3-1-12(2-4-14)9-13-5-7-21(8-6-13)16-11-19-15(10-20-16)17(22)23/h1-4,10-11,13H,5-9H2,(H,22,23). The number of carbonyl (C=O) groups is 1. The number of hydrogen-bond donors (Lipinski definition) is 1. The van der Waals surface area contributed by atoms with Crippen molar-refractivity contribution in [3.63, 3.8) is 0 Å². The zero-order valence-corrected chi connectivity index (χ0v) is 12.7. The summed E-state index contributed by atoms with van der Waals surface area (Å²) in [6.45, 7) is 1.74. The fourth-order valence-corrected chi connectivity index (χ4v) is 2.91. The first-order valence-electron chi connectivity index (χ1n) is 7.66. The van der Waals surface area contributed by atoms with E-state index in [9.17, 15) is 9.18 Å². The molecule has 1 N–H and O–H groups in total. The minimum atomic E-state index is -1.07. The van der Waals surface area contributed by atoms with E-state index >= 15 is 0 Å². The fraction of sp³-hybridized carbons (Fsp3) is 0.353. The Morgan fingerprint density at radius 1 is 1.17 bits per heavy atom. The van der Waals surface area contributed by atoms with Gasteiger partial charge in [0.1, 0.15) is 11.6 Å². The summed E-state index contributed by atoms with van der Waals surface area (Å²) >= 11 is 0. The fourth-order valence-electron chi connectivity index (χ4n) is 2.91. The van der Waals surface area contributed by atoms with Crippen LogP contribution in [0.4, 0.5) is 10.2 Å². The predicted octanol–water partition coefficient (Wildman–Crippen LogP) is 2.77. The highest BCUT2D eigenvalue weighted by Crippen LogP contribution is 2.24. The number of aromatic carboxylic acids is 1. The van der Waals surface area contributed by atoms with Crippen molar-refractivity contribution in [3.05, 3.63) is 53.7 Å². The zero-order chi connectivity index (χ0) is 16.2. The van der Waals surface area contributed by atoms with Crippen LogP contribution in [0.2, 0.25) is 0 Å². The summed E-state index contributed by atoms with van der Waals surface area (Å²) in [4.78, 5) is 21.0. The van der Waals surface area contributed by atoms with Gasteiger partial charge >= 0.3 is 5.97 Å². The number of benzene rings is 1. The van der Waals surface area contributed by atoms with Crippen LogP contribution in [0.1, 0.15) is 28.9 Å². The lowest BCUT2D eigenvalue weighted by Crippen LogP contribution is -2.35. The van der Waals surface area contributed by atoms with Gasteiger partial charge in [-0.2, -0.15) is 0 Å². The third-order valence-electron chi connectivity index (χ3n) is 4.23. The largest absolute Gasteiger partial charge is 0.476 e. The van der Waals surface area contributed by atoms with Crippen molar-refractivity contribution >= 4 is 11.8 Å². The average Bonchev–Trinajstić information content (AvgIpc) is 2.58. The van der Waals surface area contributed by atoms with E-state index in [1.165, 1.54) is 24.5 Å². The molecule has 5 nitrogen and oxygen atoms in total. The van der Waals surface area contributed by atoms with Crippen LogP contribution in [0.5, 0.6) is 0 Å². The van der Waals surface area contributed by atoms with Gasteiger partial charge in [0.15, 0.2) is 5.69 Å². The molecular weight excluding hydrogens is 297 g/mol. The van der Waals surface area contributed by atoms with Crippen LogP contribution in [0.25, 0.3) is 0 Å². The molecule has 1 aliphatic rings. The second-order valence-electron chi connectivity index (χ2n) is 5.83. The van der Waals surface area contributed by atoms with Crippen molar-refractivity contribution in [2.24, 2.45) is 5.92 Å². The van der Waals surface area contributed by atoms with Crippen molar-refractivity contribution in [2.45, 2.75) is 19.3 Å². The lowest BCUT2D eigenvalue weighted by Gasteiger charge is -2.32. The molecule has 0 bridgehead atoms. The number of anilines is 1. The molecule has 1 aliphatic heterocycles. The molecule has 1 aromatic heterocycles. The minimum absolute atomic E-state index is 0.0417. The number of nitrogens with zero attached hydrogens (tertiary/aromatic N) is 3. The zero-order valence-electron chi connectivity index (χ0n) is 12.7. The first-order chi connectivity index (χ1) is 11.1. The number of halogens is 1. The molecule has 0 spiro atoms. The average molecular weight is 315 g/mol. The second-order valence-corrected chi connectivity index (χ2v) is 5.83. The van der Waals surface area contributed by atoms with Crippen LogP contribution >= 0.6 is 0 Å². The van der Waals surface area contributed by atoms with Crippen molar-refractivity contribution < 1.29 is 14.3 Å². The Kier molecular flexibility index (Phi) is 4.50. The van der Waals surface area contributed by atoms with E-state index < -0.39 is 5.97 Å². The summed E-state index contributed by atoms with van der Waals surface area (Å²) in [5, 5.41) is 8.84. The maximum Gasteiger partial charge on any atom is 0.356 e. The molecule has 0 unspecified atom stereocenters. The molecule has 0 saturated carbocycles. The third kappa shape index (κ3) is 3.83. The molecule has 3 rings (SSSR count). The molecule has 0 aliphatic carbocycles. The summed E-state index contributed by atoms with van der Waals surface area (Å²) in [7, 11) is 0. The van der Waals surface area contributed by atoms with Crippen molar-refractivity contribution in [1.29, 1.82) is 0 Å². The van der Waals surface area contributed by atoms with Gasteiger partial charge in [-0.15, -0.1) is 0 Å². The smallest absolute Gasteiger partial charge is 0.356 e. The number of carboxylic acids is 1. The quantitative estimate of drug-likeness (QED) is 0.940. The van der Waals surface area contributed by atoms with Crippen LogP contribution in [0, 0.1) is 11.7 Å². The summed E-state index contributed by atoms with van der Waals surface area (Å²) in [6.07, 6.45) is 5.82.